The van der Waals surface area contributed by atoms with Gasteiger partial charge in [0, 0.05) is 29.9 Å². The Bertz CT molecular complexity index is 866. The Morgan fingerprint density at radius 1 is 1.35 bits per heavy atom. The zero-order valence-electron chi connectivity index (χ0n) is 15.4. The molecule has 26 heavy (non-hydrogen) atoms. The predicted octanol–water partition coefficient (Wildman–Crippen LogP) is 3.33. The maximum atomic E-state index is 12.1. The minimum atomic E-state index is -0.361. The lowest BCUT2D eigenvalue weighted by Gasteiger charge is -2.30. The number of para-hydroxylation sites is 1. The number of nitrogens with zero attached hydrogens (tertiary/aromatic N) is 2. The number of rotatable bonds is 5. The van der Waals surface area contributed by atoms with Gasteiger partial charge in [0.05, 0.1) is 0 Å². The van der Waals surface area contributed by atoms with Crippen molar-refractivity contribution in [1.82, 2.24) is 9.88 Å². The van der Waals surface area contributed by atoms with Crippen LogP contribution >= 0.6 is 0 Å². The molecule has 0 saturated carbocycles. The molecule has 1 N–H and O–H groups in total. The topological polar surface area (TPSA) is 69.1 Å². The summed E-state index contributed by atoms with van der Waals surface area (Å²) < 4.78 is 6.05. The van der Waals surface area contributed by atoms with Crippen LogP contribution in [0.15, 0.2) is 35.1 Å². The van der Waals surface area contributed by atoms with Crippen molar-refractivity contribution < 1.29 is 4.74 Å². The van der Waals surface area contributed by atoms with Crippen LogP contribution in [-0.4, -0.2) is 36.1 Å². The summed E-state index contributed by atoms with van der Waals surface area (Å²) >= 11 is 0. The fraction of sp³-hybridized carbons (Fsp3) is 0.429. The van der Waals surface area contributed by atoms with Gasteiger partial charge in [-0.05, 0) is 44.4 Å². The third-order valence-electron chi connectivity index (χ3n) is 4.86. The second kappa shape index (κ2) is 8.20. The fourth-order valence-corrected chi connectivity index (χ4v) is 3.60. The Kier molecular flexibility index (Phi) is 5.75. The second-order valence-electron chi connectivity index (χ2n) is 7.07. The van der Waals surface area contributed by atoms with E-state index in [1.165, 1.54) is 12.8 Å². The molecule has 1 atom stereocenters. The number of nitriles is 1. The van der Waals surface area contributed by atoms with Crippen LogP contribution in [0.1, 0.15) is 31.0 Å². The Morgan fingerprint density at radius 3 is 2.92 bits per heavy atom. The Balaban J connectivity index is 1.79. The Morgan fingerprint density at radius 2 is 2.15 bits per heavy atom. The van der Waals surface area contributed by atoms with Crippen LogP contribution in [-0.2, 0) is 0 Å². The van der Waals surface area contributed by atoms with Gasteiger partial charge in [0.2, 0.25) is 0 Å². The van der Waals surface area contributed by atoms with E-state index >= 15 is 0 Å². The van der Waals surface area contributed by atoms with Crippen molar-refractivity contribution in [3.05, 3.63) is 51.9 Å². The molecule has 1 unspecified atom stereocenters. The van der Waals surface area contributed by atoms with E-state index in [1.807, 2.05) is 43.3 Å². The minimum Gasteiger partial charge on any atom is -0.492 e. The summed E-state index contributed by atoms with van der Waals surface area (Å²) in [5.41, 5.74) is 1.89. The molecule has 5 nitrogen and oxygen atoms in total. The van der Waals surface area contributed by atoms with E-state index in [9.17, 15) is 10.1 Å². The lowest BCUT2D eigenvalue weighted by atomic mass is 10.00. The van der Waals surface area contributed by atoms with Crippen LogP contribution in [0.3, 0.4) is 0 Å². The largest absolute Gasteiger partial charge is 0.492 e. The van der Waals surface area contributed by atoms with E-state index in [-0.39, 0.29) is 11.1 Å². The average molecular weight is 351 g/mol. The van der Waals surface area contributed by atoms with E-state index in [4.69, 9.17) is 4.74 Å². The molecule has 1 aromatic heterocycles. The number of H-pyrrole nitrogens is 1. The van der Waals surface area contributed by atoms with Crippen molar-refractivity contribution in [2.24, 2.45) is 5.92 Å². The summed E-state index contributed by atoms with van der Waals surface area (Å²) in [6, 6.07) is 11.4. The molecular formula is C21H25N3O2. The normalized spacial score (nSPS) is 17.7. The number of nitrogens with one attached hydrogen (secondary N) is 1. The van der Waals surface area contributed by atoms with Gasteiger partial charge in [0.15, 0.2) is 0 Å². The highest BCUT2D eigenvalue weighted by Crippen LogP contribution is 2.31. The van der Waals surface area contributed by atoms with Crippen LogP contribution < -0.4 is 10.3 Å². The molecular weight excluding hydrogens is 326 g/mol. The van der Waals surface area contributed by atoms with Gasteiger partial charge in [-0.25, -0.2) is 0 Å². The summed E-state index contributed by atoms with van der Waals surface area (Å²) in [5.74, 6) is 1.45. The Labute approximate surface area is 154 Å². The number of likely N-dealkylation sites (tertiary alicyclic amines) is 1. The van der Waals surface area contributed by atoms with Gasteiger partial charge in [-0.3, -0.25) is 9.69 Å². The summed E-state index contributed by atoms with van der Waals surface area (Å²) in [7, 11) is 0. The van der Waals surface area contributed by atoms with E-state index in [2.05, 4.69) is 16.8 Å². The zero-order valence-corrected chi connectivity index (χ0v) is 15.4. The molecule has 1 aliphatic rings. The lowest BCUT2D eigenvalue weighted by molar-refractivity contribution is 0.154. The summed E-state index contributed by atoms with van der Waals surface area (Å²) in [5, 5.41) is 9.40. The number of benzene rings is 1. The molecule has 2 aromatic rings. The van der Waals surface area contributed by atoms with Crippen molar-refractivity contribution in [3.63, 3.8) is 0 Å². The molecule has 1 saturated heterocycles. The molecule has 5 heteroatoms. The molecule has 0 amide bonds. The molecule has 0 aliphatic carbocycles. The number of aromatic nitrogens is 1. The predicted molar refractivity (Wildman–Crippen MR) is 102 cm³/mol. The van der Waals surface area contributed by atoms with E-state index in [0.29, 0.717) is 17.9 Å². The van der Waals surface area contributed by atoms with Crippen LogP contribution in [0, 0.1) is 24.2 Å². The number of hydrogen-bond donors (Lipinski definition) is 1. The summed E-state index contributed by atoms with van der Waals surface area (Å²) in [4.78, 5) is 17.2. The highest BCUT2D eigenvalue weighted by Gasteiger charge is 2.17. The van der Waals surface area contributed by atoms with Gasteiger partial charge in [-0.2, -0.15) is 5.26 Å². The standard InChI is InChI=1S/C21H25N3O2/c1-15-6-5-9-24(14-15)10-11-26-20-8-4-3-7-17(20)18-12-16(2)23-21(25)19(18)13-22/h3-4,7-8,12,15H,5-6,9-11,14H2,1-2H3,(H,23,25). The van der Waals surface area contributed by atoms with Crippen molar-refractivity contribution in [1.29, 1.82) is 5.26 Å². The number of aromatic amines is 1. The first-order chi connectivity index (χ1) is 12.6. The number of piperidine rings is 1. The monoisotopic (exact) mass is 351 g/mol. The fourth-order valence-electron chi connectivity index (χ4n) is 3.60. The number of ether oxygens (including phenoxy) is 1. The lowest BCUT2D eigenvalue weighted by Crippen LogP contribution is -2.37. The molecule has 0 spiro atoms. The maximum absolute atomic E-state index is 12.1. The minimum absolute atomic E-state index is 0.122. The molecule has 3 rings (SSSR count). The number of pyridine rings is 1. The van der Waals surface area contributed by atoms with Crippen molar-refractivity contribution in [2.45, 2.75) is 26.7 Å². The second-order valence-corrected chi connectivity index (χ2v) is 7.07. The Hall–Kier alpha value is -2.58. The molecule has 1 aliphatic heterocycles. The molecule has 0 radical (unpaired) electrons. The smallest absolute Gasteiger partial charge is 0.266 e. The van der Waals surface area contributed by atoms with Crippen molar-refractivity contribution in [3.8, 4) is 22.9 Å². The highest BCUT2D eigenvalue weighted by molar-refractivity contribution is 5.75. The number of hydrogen-bond acceptors (Lipinski definition) is 4. The van der Waals surface area contributed by atoms with Gasteiger partial charge >= 0.3 is 0 Å². The molecule has 1 aromatic carbocycles. The highest BCUT2D eigenvalue weighted by atomic mass is 16.5. The summed E-state index contributed by atoms with van der Waals surface area (Å²) in [6.45, 7) is 7.83. The average Bonchev–Trinajstić information content (AvgIpc) is 2.62. The van der Waals surface area contributed by atoms with Crippen LogP contribution in [0.2, 0.25) is 0 Å². The molecule has 1 fully saturated rings. The van der Waals surface area contributed by atoms with Gasteiger partial charge in [0.1, 0.15) is 24.0 Å². The first kappa shape index (κ1) is 18.2. The zero-order chi connectivity index (χ0) is 18.5. The third-order valence-corrected chi connectivity index (χ3v) is 4.86. The summed E-state index contributed by atoms with van der Waals surface area (Å²) in [6.07, 6.45) is 2.55. The van der Waals surface area contributed by atoms with E-state index in [0.717, 1.165) is 36.8 Å². The molecule has 0 bridgehead atoms. The van der Waals surface area contributed by atoms with Crippen LogP contribution in [0.4, 0.5) is 0 Å². The van der Waals surface area contributed by atoms with Gasteiger partial charge < -0.3 is 9.72 Å². The van der Waals surface area contributed by atoms with Crippen LogP contribution in [0.25, 0.3) is 11.1 Å². The van der Waals surface area contributed by atoms with Gasteiger partial charge in [0.25, 0.3) is 5.56 Å². The van der Waals surface area contributed by atoms with E-state index in [1.54, 1.807) is 0 Å². The third kappa shape index (κ3) is 4.14. The van der Waals surface area contributed by atoms with Gasteiger partial charge in [-0.1, -0.05) is 25.1 Å². The van der Waals surface area contributed by atoms with Crippen molar-refractivity contribution >= 4 is 0 Å². The number of aryl methyl sites for hydroxylation is 1. The molecule has 136 valence electrons. The first-order valence-electron chi connectivity index (χ1n) is 9.17. The molecule has 2 heterocycles. The van der Waals surface area contributed by atoms with Gasteiger partial charge in [-0.15, -0.1) is 0 Å². The SMILES string of the molecule is Cc1cc(-c2ccccc2OCCN2CCCC(C)C2)c(C#N)c(=O)[nH]1. The van der Waals surface area contributed by atoms with Crippen LogP contribution in [0.5, 0.6) is 5.75 Å². The quantitative estimate of drug-likeness (QED) is 0.897. The maximum Gasteiger partial charge on any atom is 0.266 e. The van der Waals surface area contributed by atoms with E-state index < -0.39 is 0 Å². The van der Waals surface area contributed by atoms with Crippen molar-refractivity contribution in [2.75, 3.05) is 26.2 Å². The first-order valence-corrected chi connectivity index (χ1v) is 9.17.